The molecule has 0 bridgehead atoms. The molecule has 3 rings (SSSR count). The molecule has 0 saturated carbocycles. The summed E-state index contributed by atoms with van der Waals surface area (Å²) < 4.78 is 2.42. The molecule has 2 unspecified atom stereocenters. The van der Waals surface area contributed by atoms with Crippen molar-refractivity contribution in [3.8, 4) is 11.1 Å². The number of unbranched alkanes of at least 4 members (excludes halogenated alkanes) is 2. The van der Waals surface area contributed by atoms with Crippen LogP contribution in [0.1, 0.15) is 103 Å². The van der Waals surface area contributed by atoms with Crippen LogP contribution in [-0.4, -0.2) is 0 Å². The fourth-order valence-corrected chi connectivity index (χ4v) is 6.07. The predicted molar refractivity (Wildman–Crippen MR) is 144 cm³/mol. The molecule has 0 radical (unpaired) electrons. The van der Waals surface area contributed by atoms with Crippen molar-refractivity contribution in [2.75, 3.05) is 0 Å². The van der Waals surface area contributed by atoms with E-state index in [1.807, 2.05) is 0 Å². The molecule has 1 aliphatic rings. The zero-order valence-electron chi connectivity index (χ0n) is 19.9. The minimum atomic E-state index is 0.156. The number of fused-ring (bicyclic) bond motifs is 3. The highest BCUT2D eigenvalue weighted by Gasteiger charge is 2.42. The van der Waals surface area contributed by atoms with Gasteiger partial charge in [-0.2, -0.15) is 0 Å². The second-order valence-corrected chi connectivity index (χ2v) is 11.8. The maximum Gasteiger partial charge on any atom is 0.0216 e. The summed E-state index contributed by atoms with van der Waals surface area (Å²) >= 11 is 7.57. The van der Waals surface area contributed by atoms with E-state index >= 15 is 0 Å². The van der Waals surface area contributed by atoms with Crippen molar-refractivity contribution in [1.82, 2.24) is 0 Å². The molecule has 0 amide bonds. The molecule has 0 heterocycles. The summed E-state index contributed by atoms with van der Waals surface area (Å²) in [6, 6.07) is 14.0. The lowest BCUT2D eigenvalue weighted by atomic mass is 9.70. The third-order valence-corrected chi connectivity index (χ3v) is 8.77. The lowest BCUT2D eigenvalue weighted by Gasteiger charge is -2.33. The van der Waals surface area contributed by atoms with Crippen LogP contribution >= 0.6 is 31.9 Å². The largest absolute Gasteiger partial charge is 0.0651 e. The van der Waals surface area contributed by atoms with Crippen molar-refractivity contribution >= 4 is 31.9 Å². The van der Waals surface area contributed by atoms with E-state index in [0.29, 0.717) is 0 Å². The van der Waals surface area contributed by atoms with E-state index in [-0.39, 0.29) is 5.41 Å². The van der Waals surface area contributed by atoms with Gasteiger partial charge in [-0.05, 0) is 71.2 Å². The van der Waals surface area contributed by atoms with Crippen molar-refractivity contribution in [2.24, 2.45) is 11.8 Å². The Balaban J connectivity index is 1.92. The van der Waals surface area contributed by atoms with Gasteiger partial charge in [0.2, 0.25) is 0 Å². The molecule has 170 valence electrons. The van der Waals surface area contributed by atoms with Crippen molar-refractivity contribution < 1.29 is 0 Å². The molecule has 0 nitrogen and oxygen atoms in total. The lowest BCUT2D eigenvalue weighted by molar-refractivity contribution is 0.377. The molecule has 0 aliphatic heterocycles. The van der Waals surface area contributed by atoms with Crippen molar-refractivity contribution in [3.05, 3.63) is 56.5 Å². The van der Waals surface area contributed by atoms with E-state index < -0.39 is 0 Å². The molecule has 0 fully saturated rings. The molecule has 0 aromatic heterocycles. The van der Waals surface area contributed by atoms with Crippen molar-refractivity contribution in [2.45, 2.75) is 97.3 Å². The van der Waals surface area contributed by atoms with Gasteiger partial charge in [-0.1, -0.05) is 123 Å². The van der Waals surface area contributed by atoms with Crippen LogP contribution in [0, 0.1) is 11.8 Å². The van der Waals surface area contributed by atoms with Gasteiger partial charge < -0.3 is 0 Å². The Hall–Kier alpha value is -0.600. The van der Waals surface area contributed by atoms with Gasteiger partial charge in [0, 0.05) is 14.4 Å². The maximum absolute atomic E-state index is 3.79. The highest BCUT2D eigenvalue weighted by molar-refractivity contribution is 9.10. The molecular weight excluding hydrogens is 508 g/mol. The summed E-state index contributed by atoms with van der Waals surface area (Å²) in [4.78, 5) is 0. The minimum absolute atomic E-state index is 0.156. The molecule has 2 atom stereocenters. The molecule has 2 aromatic rings. The van der Waals surface area contributed by atoms with Crippen LogP contribution in [-0.2, 0) is 5.41 Å². The van der Waals surface area contributed by atoms with Crippen LogP contribution in [0.4, 0.5) is 0 Å². The topological polar surface area (TPSA) is 0 Å². The van der Waals surface area contributed by atoms with Crippen LogP contribution < -0.4 is 0 Å². The average Bonchev–Trinajstić information content (AvgIpc) is 3.02. The van der Waals surface area contributed by atoms with E-state index in [9.17, 15) is 0 Å². The molecule has 31 heavy (non-hydrogen) atoms. The molecular formula is C29H40Br2. The third-order valence-electron chi connectivity index (χ3n) is 7.78. The molecule has 0 spiro atoms. The lowest BCUT2D eigenvalue weighted by Crippen LogP contribution is -2.25. The number of halogens is 2. The average molecular weight is 548 g/mol. The zero-order chi connectivity index (χ0) is 22.4. The van der Waals surface area contributed by atoms with Gasteiger partial charge in [0.15, 0.2) is 0 Å². The van der Waals surface area contributed by atoms with Gasteiger partial charge in [0.25, 0.3) is 0 Å². The van der Waals surface area contributed by atoms with Gasteiger partial charge in [-0.15, -0.1) is 0 Å². The van der Waals surface area contributed by atoms with Crippen LogP contribution in [0.15, 0.2) is 45.3 Å². The fourth-order valence-electron chi connectivity index (χ4n) is 5.35. The van der Waals surface area contributed by atoms with Crippen LogP contribution in [0.3, 0.4) is 0 Å². The van der Waals surface area contributed by atoms with E-state index in [2.05, 4.69) is 96.0 Å². The van der Waals surface area contributed by atoms with E-state index in [0.717, 1.165) is 11.8 Å². The van der Waals surface area contributed by atoms with Crippen molar-refractivity contribution in [3.63, 3.8) is 0 Å². The third kappa shape index (κ3) is 5.85. The summed E-state index contributed by atoms with van der Waals surface area (Å²) in [7, 11) is 0. The van der Waals surface area contributed by atoms with Gasteiger partial charge >= 0.3 is 0 Å². The smallest absolute Gasteiger partial charge is 0.0216 e. The first-order valence-corrected chi connectivity index (χ1v) is 14.1. The minimum Gasteiger partial charge on any atom is -0.0651 e. The quantitative estimate of drug-likeness (QED) is 0.232. The number of benzene rings is 2. The second-order valence-electron chi connectivity index (χ2n) is 9.98. The Morgan fingerprint density at radius 1 is 0.677 bits per heavy atom. The Kier molecular flexibility index (Phi) is 9.29. The second kappa shape index (κ2) is 11.5. The summed E-state index contributed by atoms with van der Waals surface area (Å²) in [5, 5.41) is 0. The van der Waals surface area contributed by atoms with Crippen LogP contribution in [0.5, 0.6) is 0 Å². The summed E-state index contributed by atoms with van der Waals surface area (Å²) in [5.41, 5.74) is 6.18. The van der Waals surface area contributed by atoms with Crippen LogP contribution in [0.25, 0.3) is 11.1 Å². The standard InChI is InChI=1S/C29H40Br2/c1-5-21(3)11-7-9-17-29(18-10-8-12-22(4)6-2)27-19-23(30)13-15-25(27)26-16-14-24(31)20-28(26)29/h13-16,19-22H,5-12,17-18H2,1-4H3. The Bertz CT molecular complexity index is 782. The van der Waals surface area contributed by atoms with E-state index in [1.54, 1.807) is 11.1 Å². The highest BCUT2D eigenvalue weighted by Crippen LogP contribution is 2.55. The number of rotatable bonds is 12. The number of hydrogen-bond acceptors (Lipinski definition) is 0. The molecule has 0 saturated heterocycles. The van der Waals surface area contributed by atoms with Gasteiger partial charge in [0.1, 0.15) is 0 Å². The molecule has 2 aromatic carbocycles. The molecule has 0 N–H and O–H groups in total. The summed E-state index contributed by atoms with van der Waals surface area (Å²) in [5.74, 6) is 1.69. The first-order chi connectivity index (χ1) is 14.9. The summed E-state index contributed by atoms with van der Waals surface area (Å²) in [6.45, 7) is 9.45. The zero-order valence-corrected chi connectivity index (χ0v) is 23.1. The SMILES string of the molecule is CCC(C)CCCCC1(CCCCC(C)CC)c2cc(Br)ccc2-c2ccc(Br)cc21. The normalized spacial score (nSPS) is 16.1. The van der Waals surface area contributed by atoms with Gasteiger partial charge in [-0.25, -0.2) is 0 Å². The Labute approximate surface area is 207 Å². The monoisotopic (exact) mass is 546 g/mol. The Morgan fingerprint density at radius 3 is 1.48 bits per heavy atom. The first-order valence-electron chi connectivity index (χ1n) is 12.5. The maximum atomic E-state index is 3.79. The van der Waals surface area contributed by atoms with Crippen molar-refractivity contribution in [1.29, 1.82) is 0 Å². The van der Waals surface area contributed by atoms with E-state index in [4.69, 9.17) is 0 Å². The van der Waals surface area contributed by atoms with Gasteiger partial charge in [-0.3, -0.25) is 0 Å². The molecule has 2 heteroatoms. The number of hydrogen-bond donors (Lipinski definition) is 0. The Morgan fingerprint density at radius 2 is 1.10 bits per heavy atom. The predicted octanol–water partition coefficient (Wildman–Crippen LogP) is 10.7. The van der Waals surface area contributed by atoms with E-state index in [1.165, 1.54) is 84.3 Å². The van der Waals surface area contributed by atoms with Gasteiger partial charge in [0.05, 0.1) is 0 Å². The van der Waals surface area contributed by atoms with Crippen LogP contribution in [0.2, 0.25) is 0 Å². The summed E-state index contributed by atoms with van der Waals surface area (Å²) in [6.07, 6.45) is 13.2. The fraction of sp³-hybridized carbons (Fsp3) is 0.586. The molecule has 1 aliphatic carbocycles. The highest BCUT2D eigenvalue weighted by atomic mass is 79.9. The first kappa shape index (κ1) is 25.0.